The molecule has 0 atom stereocenters. The average Bonchev–Trinajstić information content (AvgIpc) is 2.22. The number of phenols is 1. The van der Waals surface area contributed by atoms with Gasteiger partial charge in [-0.25, -0.2) is 0 Å². The molecule has 0 spiro atoms. The van der Waals surface area contributed by atoms with Crippen molar-refractivity contribution in [2.45, 2.75) is 27.2 Å². The fourth-order valence-electron chi connectivity index (χ4n) is 1.61. The number of amides is 1. The zero-order chi connectivity index (χ0) is 13.9. The summed E-state index contributed by atoms with van der Waals surface area (Å²) < 4.78 is 0. The van der Waals surface area contributed by atoms with Gasteiger partial charge in [-0.05, 0) is 31.9 Å². The minimum absolute atomic E-state index is 0.0658. The molecule has 0 saturated heterocycles. The van der Waals surface area contributed by atoms with Crippen molar-refractivity contribution in [3.63, 3.8) is 0 Å². The van der Waals surface area contributed by atoms with E-state index in [1.165, 1.54) is 13.0 Å². The summed E-state index contributed by atoms with van der Waals surface area (Å²) in [5.41, 5.74) is -0.0991. The molecule has 1 aromatic rings. The largest absolute Gasteiger partial charge is 0.506 e. The lowest BCUT2D eigenvalue weighted by Crippen LogP contribution is -2.26. The van der Waals surface area contributed by atoms with E-state index >= 15 is 0 Å². The van der Waals surface area contributed by atoms with Gasteiger partial charge in [-0.2, -0.15) is 0 Å². The minimum atomic E-state index is -0.971. The van der Waals surface area contributed by atoms with Crippen LogP contribution >= 0.6 is 0 Å². The van der Waals surface area contributed by atoms with Crippen LogP contribution in [0.3, 0.4) is 0 Å². The van der Waals surface area contributed by atoms with Gasteiger partial charge in [0.25, 0.3) is 0 Å². The summed E-state index contributed by atoms with van der Waals surface area (Å²) in [7, 11) is 0. The lowest BCUT2D eigenvalue weighted by Gasteiger charge is -2.21. The van der Waals surface area contributed by atoms with Crippen LogP contribution in [0.15, 0.2) is 18.2 Å². The van der Waals surface area contributed by atoms with Crippen LogP contribution in [0.4, 0.5) is 5.69 Å². The number of carbonyl (C=O) groups excluding carboxylic acids is 1. The molecule has 0 radical (unpaired) electrons. The molecular weight excluding hydrogens is 234 g/mol. The van der Waals surface area contributed by atoms with Gasteiger partial charge in [0.2, 0.25) is 5.91 Å². The number of nitrogens with one attached hydrogen (secondary N) is 1. The highest BCUT2D eigenvalue weighted by atomic mass is 16.4. The van der Waals surface area contributed by atoms with Crippen molar-refractivity contribution < 1.29 is 19.8 Å². The van der Waals surface area contributed by atoms with E-state index in [1.807, 2.05) is 0 Å². The van der Waals surface area contributed by atoms with Gasteiger partial charge in [-0.3, -0.25) is 9.59 Å². The second kappa shape index (κ2) is 5.08. The van der Waals surface area contributed by atoms with Crippen LogP contribution in [-0.4, -0.2) is 22.1 Å². The Kier molecular flexibility index (Phi) is 3.96. The molecule has 98 valence electrons. The fourth-order valence-corrected chi connectivity index (χ4v) is 1.61. The molecule has 0 heterocycles. The van der Waals surface area contributed by atoms with Crippen molar-refractivity contribution in [1.82, 2.24) is 0 Å². The first-order valence-electron chi connectivity index (χ1n) is 5.56. The van der Waals surface area contributed by atoms with Crippen LogP contribution < -0.4 is 5.32 Å². The Morgan fingerprint density at radius 2 is 1.94 bits per heavy atom. The van der Waals surface area contributed by atoms with E-state index < -0.39 is 11.4 Å². The quantitative estimate of drug-likeness (QED) is 0.714. The van der Waals surface area contributed by atoms with Crippen molar-refractivity contribution in [2.75, 3.05) is 5.32 Å². The molecule has 5 nitrogen and oxygen atoms in total. The predicted molar refractivity (Wildman–Crippen MR) is 67.5 cm³/mol. The molecule has 0 aromatic heterocycles. The van der Waals surface area contributed by atoms with Crippen LogP contribution in [0.25, 0.3) is 0 Å². The van der Waals surface area contributed by atoms with Crippen molar-refractivity contribution in [1.29, 1.82) is 0 Å². The van der Waals surface area contributed by atoms with Gasteiger partial charge in [-0.15, -0.1) is 0 Å². The number of anilines is 1. The molecule has 0 fully saturated rings. The summed E-state index contributed by atoms with van der Waals surface area (Å²) in [4.78, 5) is 22.2. The molecule has 5 heteroatoms. The van der Waals surface area contributed by atoms with E-state index in [1.54, 1.807) is 26.0 Å². The maximum atomic E-state index is 11.1. The average molecular weight is 251 g/mol. The number of aromatic hydroxyl groups is 1. The van der Waals surface area contributed by atoms with Crippen molar-refractivity contribution in [3.05, 3.63) is 23.8 Å². The third-order valence-electron chi connectivity index (χ3n) is 2.64. The van der Waals surface area contributed by atoms with Crippen molar-refractivity contribution in [2.24, 2.45) is 5.41 Å². The number of carbonyl (C=O) groups is 2. The van der Waals surface area contributed by atoms with Crippen LogP contribution in [-0.2, 0) is 16.0 Å². The monoisotopic (exact) mass is 251 g/mol. The van der Waals surface area contributed by atoms with Crippen LogP contribution in [0.5, 0.6) is 5.75 Å². The minimum Gasteiger partial charge on any atom is -0.506 e. The van der Waals surface area contributed by atoms with Crippen molar-refractivity contribution in [3.8, 4) is 5.75 Å². The molecule has 1 rings (SSSR count). The van der Waals surface area contributed by atoms with Gasteiger partial charge >= 0.3 is 5.97 Å². The SMILES string of the molecule is CC(=O)Nc1c(O)cccc1CC(C)(C)C(=O)O. The molecule has 18 heavy (non-hydrogen) atoms. The first-order valence-corrected chi connectivity index (χ1v) is 5.56. The fraction of sp³-hybridized carbons (Fsp3) is 0.385. The maximum absolute atomic E-state index is 11.1. The molecule has 0 bridgehead atoms. The van der Waals surface area contributed by atoms with Gasteiger partial charge in [0.05, 0.1) is 11.1 Å². The molecular formula is C13H17NO4. The summed E-state index contributed by atoms with van der Waals surface area (Å²) in [5, 5.41) is 21.3. The molecule has 0 saturated carbocycles. The number of benzene rings is 1. The van der Waals surface area contributed by atoms with Gasteiger partial charge in [0, 0.05) is 6.92 Å². The number of phenolic OH excluding ortho intramolecular Hbond substituents is 1. The Balaban J connectivity index is 3.13. The molecule has 0 unspecified atom stereocenters. The van der Waals surface area contributed by atoms with Gasteiger partial charge < -0.3 is 15.5 Å². The third kappa shape index (κ3) is 3.23. The number of para-hydroxylation sites is 1. The second-order valence-electron chi connectivity index (χ2n) is 4.86. The normalized spacial score (nSPS) is 11.1. The number of rotatable bonds is 4. The Bertz CT molecular complexity index is 480. The highest BCUT2D eigenvalue weighted by Crippen LogP contribution is 2.32. The molecule has 1 aromatic carbocycles. The van der Waals surface area contributed by atoms with E-state index in [0.29, 0.717) is 5.56 Å². The third-order valence-corrected chi connectivity index (χ3v) is 2.64. The van der Waals surface area contributed by atoms with E-state index in [2.05, 4.69) is 5.32 Å². The summed E-state index contributed by atoms with van der Waals surface area (Å²) in [5.74, 6) is -1.31. The van der Waals surface area contributed by atoms with Crippen molar-refractivity contribution >= 4 is 17.6 Å². The van der Waals surface area contributed by atoms with Gasteiger partial charge in [0.1, 0.15) is 5.75 Å². The molecule has 1 amide bonds. The zero-order valence-corrected chi connectivity index (χ0v) is 10.7. The Hall–Kier alpha value is -2.04. The lowest BCUT2D eigenvalue weighted by molar-refractivity contribution is -0.146. The predicted octanol–water partition coefficient (Wildman–Crippen LogP) is 2.00. The second-order valence-corrected chi connectivity index (χ2v) is 4.86. The number of carboxylic acids is 1. The summed E-state index contributed by atoms with van der Waals surface area (Å²) in [6.07, 6.45) is 0.215. The maximum Gasteiger partial charge on any atom is 0.309 e. The van der Waals surface area contributed by atoms with Gasteiger partial charge in [-0.1, -0.05) is 12.1 Å². The smallest absolute Gasteiger partial charge is 0.309 e. The number of hydrogen-bond acceptors (Lipinski definition) is 3. The summed E-state index contributed by atoms with van der Waals surface area (Å²) in [6.45, 7) is 4.52. The van der Waals surface area contributed by atoms with Crippen LogP contribution in [0.1, 0.15) is 26.3 Å². The number of hydrogen-bond donors (Lipinski definition) is 3. The van der Waals surface area contributed by atoms with Gasteiger partial charge in [0.15, 0.2) is 0 Å². The highest BCUT2D eigenvalue weighted by molar-refractivity contribution is 5.91. The van der Waals surface area contributed by atoms with Crippen LogP contribution in [0.2, 0.25) is 0 Å². The van der Waals surface area contributed by atoms with Crippen LogP contribution in [0, 0.1) is 5.41 Å². The lowest BCUT2D eigenvalue weighted by atomic mass is 9.85. The molecule has 0 aliphatic heterocycles. The molecule has 3 N–H and O–H groups in total. The summed E-state index contributed by atoms with van der Waals surface area (Å²) in [6, 6.07) is 4.76. The molecule has 0 aliphatic rings. The first kappa shape index (κ1) is 14.0. The Morgan fingerprint density at radius 1 is 1.33 bits per heavy atom. The first-order chi connectivity index (χ1) is 8.24. The van der Waals surface area contributed by atoms with E-state index in [-0.39, 0.29) is 23.8 Å². The zero-order valence-electron chi connectivity index (χ0n) is 10.7. The topological polar surface area (TPSA) is 86.6 Å². The number of carboxylic acid groups (broad SMARTS) is 1. The highest BCUT2D eigenvalue weighted by Gasteiger charge is 2.29. The summed E-state index contributed by atoms with van der Waals surface area (Å²) >= 11 is 0. The Labute approximate surface area is 105 Å². The standard InChI is InChI=1S/C13H17NO4/c1-8(15)14-11-9(5-4-6-10(11)16)7-13(2,3)12(17)18/h4-6,16H,7H2,1-3H3,(H,14,15)(H,17,18). The van der Waals surface area contributed by atoms with E-state index in [9.17, 15) is 14.7 Å². The van der Waals surface area contributed by atoms with E-state index in [4.69, 9.17) is 5.11 Å². The Morgan fingerprint density at radius 3 is 2.44 bits per heavy atom. The van der Waals surface area contributed by atoms with E-state index in [0.717, 1.165) is 0 Å². The molecule has 0 aliphatic carbocycles. The number of aliphatic carboxylic acids is 1.